The zero-order valence-corrected chi connectivity index (χ0v) is 8.02. The van der Waals surface area contributed by atoms with Gasteiger partial charge in [0.1, 0.15) is 11.4 Å². The maximum absolute atomic E-state index is 12.9. The molecule has 0 bridgehead atoms. The third-order valence-electron chi connectivity index (χ3n) is 2.24. The Bertz CT molecular complexity index is 401. The number of fused-ring (bicyclic) bond motifs is 1. The second kappa shape index (κ2) is 2.70. The van der Waals surface area contributed by atoms with Gasteiger partial charge in [0.05, 0.1) is 11.4 Å². The number of benzene rings is 1. The van der Waals surface area contributed by atoms with Crippen LogP contribution in [0.3, 0.4) is 0 Å². The lowest BCUT2D eigenvalue weighted by Crippen LogP contribution is -2.47. The van der Waals surface area contributed by atoms with Crippen molar-refractivity contribution >= 4 is 17.3 Å². The number of carbonyl (C=O) groups is 1. The zero-order chi connectivity index (χ0) is 10.3. The number of halogens is 1. The van der Waals surface area contributed by atoms with Gasteiger partial charge in [-0.1, -0.05) is 0 Å². The Morgan fingerprint density at radius 2 is 2.00 bits per heavy atom. The molecule has 0 aliphatic carbocycles. The average molecular weight is 194 g/mol. The van der Waals surface area contributed by atoms with Gasteiger partial charge in [-0.25, -0.2) is 4.39 Å². The molecular formula is C10H11FN2O. The average Bonchev–Trinajstić information content (AvgIpc) is 2.07. The van der Waals surface area contributed by atoms with Crippen molar-refractivity contribution in [3.8, 4) is 0 Å². The van der Waals surface area contributed by atoms with Crippen molar-refractivity contribution in [1.29, 1.82) is 0 Å². The van der Waals surface area contributed by atoms with Gasteiger partial charge in [-0.2, -0.15) is 0 Å². The van der Waals surface area contributed by atoms with Crippen LogP contribution in [0.5, 0.6) is 0 Å². The minimum Gasteiger partial charge on any atom is -0.370 e. The molecular weight excluding hydrogens is 183 g/mol. The van der Waals surface area contributed by atoms with Crippen LogP contribution in [0, 0.1) is 5.82 Å². The molecule has 1 heterocycles. The van der Waals surface area contributed by atoms with E-state index in [4.69, 9.17) is 0 Å². The van der Waals surface area contributed by atoms with Crippen LogP contribution in [0.1, 0.15) is 13.8 Å². The molecule has 0 radical (unpaired) electrons. The summed E-state index contributed by atoms with van der Waals surface area (Å²) in [6.45, 7) is 3.49. The van der Waals surface area contributed by atoms with E-state index in [1.54, 1.807) is 19.9 Å². The van der Waals surface area contributed by atoms with E-state index >= 15 is 0 Å². The van der Waals surface area contributed by atoms with E-state index < -0.39 is 5.54 Å². The summed E-state index contributed by atoms with van der Waals surface area (Å²) in [4.78, 5) is 11.5. The van der Waals surface area contributed by atoms with Gasteiger partial charge >= 0.3 is 0 Å². The lowest BCUT2D eigenvalue weighted by atomic mass is 10.0. The highest BCUT2D eigenvalue weighted by atomic mass is 19.1. The van der Waals surface area contributed by atoms with Crippen molar-refractivity contribution in [1.82, 2.24) is 0 Å². The molecule has 3 nitrogen and oxygen atoms in total. The molecule has 0 saturated carbocycles. The number of nitrogens with one attached hydrogen (secondary N) is 2. The number of rotatable bonds is 0. The molecule has 1 aromatic rings. The summed E-state index contributed by atoms with van der Waals surface area (Å²) in [5.74, 6) is -0.431. The molecule has 14 heavy (non-hydrogen) atoms. The van der Waals surface area contributed by atoms with E-state index in [1.165, 1.54) is 12.1 Å². The third-order valence-corrected chi connectivity index (χ3v) is 2.24. The molecule has 1 amide bonds. The molecule has 0 unspecified atom stereocenters. The monoisotopic (exact) mass is 194 g/mol. The fourth-order valence-corrected chi connectivity index (χ4v) is 1.40. The molecule has 0 spiro atoms. The first-order valence-corrected chi connectivity index (χ1v) is 4.38. The summed E-state index contributed by atoms with van der Waals surface area (Å²) in [7, 11) is 0. The fourth-order valence-electron chi connectivity index (χ4n) is 1.40. The van der Waals surface area contributed by atoms with Gasteiger partial charge in [-0.05, 0) is 32.0 Å². The van der Waals surface area contributed by atoms with Gasteiger partial charge < -0.3 is 10.6 Å². The van der Waals surface area contributed by atoms with Gasteiger partial charge in [0.15, 0.2) is 0 Å². The summed E-state index contributed by atoms with van der Waals surface area (Å²) >= 11 is 0. The van der Waals surface area contributed by atoms with Crippen LogP contribution in [0.4, 0.5) is 15.8 Å². The summed E-state index contributed by atoms with van der Waals surface area (Å²) in [5.41, 5.74) is 0.547. The Morgan fingerprint density at radius 1 is 1.29 bits per heavy atom. The van der Waals surface area contributed by atoms with Crippen molar-refractivity contribution in [3.05, 3.63) is 24.0 Å². The molecule has 0 aromatic heterocycles. The molecule has 1 aliphatic rings. The maximum atomic E-state index is 12.9. The molecule has 74 valence electrons. The maximum Gasteiger partial charge on any atom is 0.249 e. The SMILES string of the molecule is CC1(C)Nc2cc(F)ccc2NC1=O. The Morgan fingerprint density at radius 3 is 2.71 bits per heavy atom. The number of hydrogen-bond donors (Lipinski definition) is 2. The standard InChI is InChI=1S/C10H11FN2O/c1-10(2)9(14)12-7-4-3-6(11)5-8(7)13-10/h3-5,13H,1-2H3,(H,12,14). The molecule has 0 atom stereocenters. The molecule has 1 aliphatic heterocycles. The predicted molar refractivity (Wildman–Crippen MR) is 52.7 cm³/mol. The first kappa shape index (κ1) is 8.99. The van der Waals surface area contributed by atoms with E-state index in [1.807, 2.05) is 0 Å². The third kappa shape index (κ3) is 1.32. The highest BCUT2D eigenvalue weighted by Crippen LogP contribution is 2.30. The number of anilines is 2. The predicted octanol–water partition coefficient (Wildman–Crippen LogP) is 1.97. The van der Waals surface area contributed by atoms with E-state index in [0.717, 1.165) is 0 Å². The number of hydrogen-bond acceptors (Lipinski definition) is 2. The van der Waals surface area contributed by atoms with Crippen molar-refractivity contribution in [2.24, 2.45) is 0 Å². The minimum atomic E-state index is -0.694. The van der Waals surface area contributed by atoms with Crippen molar-refractivity contribution < 1.29 is 9.18 Å². The van der Waals surface area contributed by atoms with E-state index in [2.05, 4.69) is 10.6 Å². The van der Waals surface area contributed by atoms with Gasteiger partial charge in [-0.3, -0.25) is 4.79 Å². The van der Waals surface area contributed by atoms with Crippen molar-refractivity contribution in [2.45, 2.75) is 19.4 Å². The Kier molecular flexibility index (Phi) is 1.74. The van der Waals surface area contributed by atoms with Gasteiger partial charge in [0.25, 0.3) is 0 Å². The van der Waals surface area contributed by atoms with Gasteiger partial charge in [0, 0.05) is 0 Å². The number of amides is 1. The fraction of sp³-hybridized carbons (Fsp3) is 0.300. The molecule has 4 heteroatoms. The summed E-state index contributed by atoms with van der Waals surface area (Å²) < 4.78 is 12.9. The zero-order valence-electron chi connectivity index (χ0n) is 8.02. The largest absolute Gasteiger partial charge is 0.370 e. The second-order valence-electron chi connectivity index (χ2n) is 3.89. The smallest absolute Gasteiger partial charge is 0.249 e. The van der Waals surface area contributed by atoms with Crippen LogP contribution in [-0.4, -0.2) is 11.4 Å². The van der Waals surface area contributed by atoms with E-state index in [-0.39, 0.29) is 11.7 Å². The summed E-state index contributed by atoms with van der Waals surface area (Å²) in [6, 6.07) is 4.24. The second-order valence-corrected chi connectivity index (χ2v) is 3.89. The first-order chi connectivity index (χ1) is 6.49. The Labute approximate surface area is 81.3 Å². The quantitative estimate of drug-likeness (QED) is 0.663. The molecule has 0 saturated heterocycles. The molecule has 1 aromatic carbocycles. The lowest BCUT2D eigenvalue weighted by molar-refractivity contribution is -0.119. The summed E-state index contributed by atoms with van der Waals surface area (Å²) in [6.07, 6.45) is 0. The molecule has 0 fully saturated rings. The van der Waals surface area contributed by atoms with E-state index in [9.17, 15) is 9.18 Å². The normalized spacial score (nSPS) is 18.1. The van der Waals surface area contributed by atoms with Gasteiger partial charge in [0.2, 0.25) is 5.91 Å². The lowest BCUT2D eigenvalue weighted by Gasteiger charge is -2.32. The van der Waals surface area contributed by atoms with Crippen LogP contribution in [-0.2, 0) is 4.79 Å². The van der Waals surface area contributed by atoms with Gasteiger partial charge in [-0.15, -0.1) is 0 Å². The highest BCUT2D eigenvalue weighted by molar-refractivity contribution is 6.05. The van der Waals surface area contributed by atoms with Crippen molar-refractivity contribution in [3.63, 3.8) is 0 Å². The van der Waals surface area contributed by atoms with Crippen LogP contribution < -0.4 is 10.6 Å². The van der Waals surface area contributed by atoms with Crippen LogP contribution >= 0.6 is 0 Å². The first-order valence-electron chi connectivity index (χ1n) is 4.38. The Balaban J connectivity index is 2.46. The van der Waals surface area contributed by atoms with Crippen molar-refractivity contribution in [2.75, 3.05) is 10.6 Å². The molecule has 2 N–H and O–H groups in total. The van der Waals surface area contributed by atoms with Crippen LogP contribution in [0.15, 0.2) is 18.2 Å². The number of carbonyl (C=O) groups excluding carboxylic acids is 1. The van der Waals surface area contributed by atoms with Crippen LogP contribution in [0.2, 0.25) is 0 Å². The Hall–Kier alpha value is -1.58. The molecule has 2 rings (SSSR count). The summed E-state index contributed by atoms with van der Waals surface area (Å²) in [5, 5.41) is 5.68. The van der Waals surface area contributed by atoms with E-state index in [0.29, 0.717) is 11.4 Å². The minimum absolute atomic E-state index is 0.114. The topological polar surface area (TPSA) is 41.1 Å². The highest BCUT2D eigenvalue weighted by Gasteiger charge is 2.32. The van der Waals surface area contributed by atoms with Crippen LogP contribution in [0.25, 0.3) is 0 Å².